The maximum Gasteiger partial charge on any atom is 0.272 e. The molecule has 1 amide bonds. The summed E-state index contributed by atoms with van der Waals surface area (Å²) in [5, 5.41) is 15.3. The van der Waals surface area contributed by atoms with Crippen molar-refractivity contribution < 1.29 is 13.6 Å². The van der Waals surface area contributed by atoms with Crippen LogP contribution in [0, 0.1) is 11.6 Å². The van der Waals surface area contributed by atoms with Gasteiger partial charge in [-0.2, -0.15) is 15.3 Å². The second-order valence-corrected chi connectivity index (χ2v) is 9.44. The predicted molar refractivity (Wildman–Crippen MR) is 129 cm³/mol. The quantitative estimate of drug-likeness (QED) is 0.403. The van der Waals surface area contributed by atoms with Crippen molar-refractivity contribution in [3.05, 3.63) is 78.1 Å². The first-order chi connectivity index (χ1) is 17.1. The molecule has 184 valence electrons. The van der Waals surface area contributed by atoms with E-state index in [-0.39, 0.29) is 34.6 Å². The van der Waals surface area contributed by atoms with Crippen molar-refractivity contribution in [1.82, 2.24) is 39.5 Å². The number of fused-ring (bicyclic) bond motifs is 1. The highest BCUT2D eigenvalue weighted by atomic mass is 19.2. The lowest BCUT2D eigenvalue weighted by Gasteiger charge is -2.18. The third-order valence-electron chi connectivity index (χ3n) is 5.76. The van der Waals surface area contributed by atoms with Gasteiger partial charge in [0.1, 0.15) is 5.69 Å². The molecule has 4 aromatic heterocycles. The van der Waals surface area contributed by atoms with Gasteiger partial charge in [0.2, 0.25) is 0 Å². The number of nitrogens with zero attached hydrogens (tertiary/aromatic N) is 7. The Balaban J connectivity index is 1.43. The summed E-state index contributed by atoms with van der Waals surface area (Å²) in [5.74, 6) is -2.59. The largest absolute Gasteiger partial charge is 0.346 e. The van der Waals surface area contributed by atoms with E-state index in [0.717, 1.165) is 0 Å². The number of rotatable bonds is 5. The number of aryl methyl sites for hydroxylation is 1. The highest BCUT2D eigenvalue weighted by Gasteiger charge is 2.21. The molecular formula is C25H24F2N8O. The Labute approximate surface area is 205 Å². The smallest absolute Gasteiger partial charge is 0.272 e. The third kappa shape index (κ3) is 4.23. The van der Waals surface area contributed by atoms with Gasteiger partial charge in [0.15, 0.2) is 11.6 Å². The van der Waals surface area contributed by atoms with Crippen molar-refractivity contribution in [2.24, 2.45) is 7.05 Å². The molecule has 0 saturated carbocycles. The van der Waals surface area contributed by atoms with Crippen LogP contribution in [0.4, 0.5) is 8.78 Å². The van der Waals surface area contributed by atoms with Gasteiger partial charge in [-0.3, -0.25) is 14.2 Å². The minimum atomic E-state index is -1.06. The van der Waals surface area contributed by atoms with E-state index < -0.39 is 17.5 Å². The molecule has 9 nitrogen and oxygen atoms in total. The molecule has 0 spiro atoms. The summed E-state index contributed by atoms with van der Waals surface area (Å²) in [7, 11) is 1.78. The number of hydrogen-bond donors (Lipinski definition) is 1. The molecule has 0 saturated heterocycles. The molecule has 0 aliphatic rings. The van der Waals surface area contributed by atoms with Crippen LogP contribution in [0.5, 0.6) is 0 Å². The van der Waals surface area contributed by atoms with Crippen LogP contribution in [0.25, 0.3) is 28.0 Å². The summed E-state index contributed by atoms with van der Waals surface area (Å²) in [6, 6.07) is 6.15. The molecule has 0 fully saturated rings. The summed E-state index contributed by atoms with van der Waals surface area (Å²) in [6.45, 7) is 5.68. The fourth-order valence-electron chi connectivity index (χ4n) is 3.81. The number of benzene rings is 1. The Morgan fingerprint density at radius 3 is 2.56 bits per heavy atom. The number of nitrogens with one attached hydrogen (secondary N) is 1. The van der Waals surface area contributed by atoms with E-state index in [1.807, 2.05) is 20.8 Å². The summed E-state index contributed by atoms with van der Waals surface area (Å²) in [5.41, 5.74) is 1.90. The van der Waals surface area contributed by atoms with Gasteiger partial charge in [0.25, 0.3) is 5.91 Å². The van der Waals surface area contributed by atoms with Crippen LogP contribution < -0.4 is 5.32 Å². The van der Waals surface area contributed by atoms with Crippen molar-refractivity contribution in [1.29, 1.82) is 0 Å². The lowest BCUT2D eigenvalue weighted by Crippen LogP contribution is -2.26. The summed E-state index contributed by atoms with van der Waals surface area (Å²) in [6.07, 6.45) is 8.37. The van der Waals surface area contributed by atoms with Crippen LogP contribution in [0.3, 0.4) is 0 Å². The lowest BCUT2D eigenvalue weighted by atomic mass is 10.1. The van der Waals surface area contributed by atoms with Gasteiger partial charge >= 0.3 is 0 Å². The van der Waals surface area contributed by atoms with Crippen LogP contribution in [0.2, 0.25) is 0 Å². The van der Waals surface area contributed by atoms with E-state index in [0.29, 0.717) is 16.8 Å². The number of aromatic nitrogens is 7. The first-order valence-corrected chi connectivity index (χ1v) is 11.3. The Morgan fingerprint density at radius 2 is 1.86 bits per heavy atom. The standard InChI is InChI=1S/C25H24F2N8O/c1-25(2,3)35-10-8-18(32-35)24(36)28-11-15-5-6-17(22(27)21(15)26)23-20-7-9-29-34(20)14-19(31-23)16-12-30-33(4)13-16/h5-10,12-14H,11H2,1-4H3,(H,28,36). The van der Waals surface area contributed by atoms with Crippen molar-refractivity contribution >= 4 is 11.4 Å². The van der Waals surface area contributed by atoms with Crippen LogP contribution in [0.1, 0.15) is 36.8 Å². The summed E-state index contributed by atoms with van der Waals surface area (Å²) >= 11 is 0. The average Bonchev–Trinajstić information content (AvgIpc) is 3.59. The molecule has 11 heteroatoms. The number of amides is 1. The molecule has 1 aromatic carbocycles. The molecule has 0 aliphatic heterocycles. The molecule has 0 aliphatic carbocycles. The Hall–Kier alpha value is -4.41. The van der Waals surface area contributed by atoms with Gasteiger partial charge in [0.05, 0.1) is 41.0 Å². The van der Waals surface area contributed by atoms with Crippen molar-refractivity contribution in [2.75, 3.05) is 0 Å². The van der Waals surface area contributed by atoms with E-state index in [1.54, 1.807) is 64.0 Å². The Kier molecular flexibility index (Phi) is 5.62. The maximum absolute atomic E-state index is 15.3. The summed E-state index contributed by atoms with van der Waals surface area (Å²) in [4.78, 5) is 17.1. The fraction of sp³-hybridized carbons (Fsp3) is 0.240. The first-order valence-electron chi connectivity index (χ1n) is 11.3. The van der Waals surface area contributed by atoms with E-state index >= 15 is 8.78 Å². The highest BCUT2D eigenvalue weighted by molar-refractivity contribution is 5.92. The zero-order chi connectivity index (χ0) is 25.6. The van der Waals surface area contributed by atoms with Gasteiger partial charge in [0, 0.05) is 42.7 Å². The monoisotopic (exact) mass is 490 g/mol. The molecule has 0 unspecified atom stereocenters. The normalized spacial score (nSPS) is 11.8. The van der Waals surface area contributed by atoms with Crippen LogP contribution in [0.15, 0.2) is 55.2 Å². The molecule has 0 radical (unpaired) electrons. The molecule has 1 N–H and O–H groups in total. The van der Waals surface area contributed by atoms with Crippen molar-refractivity contribution in [3.63, 3.8) is 0 Å². The van der Waals surface area contributed by atoms with Gasteiger partial charge < -0.3 is 5.32 Å². The molecule has 5 rings (SSSR count). The Bertz CT molecular complexity index is 1590. The van der Waals surface area contributed by atoms with Crippen molar-refractivity contribution in [3.8, 4) is 22.5 Å². The molecule has 0 bridgehead atoms. The second-order valence-electron chi connectivity index (χ2n) is 9.44. The summed E-state index contributed by atoms with van der Waals surface area (Å²) < 4.78 is 35.3. The van der Waals surface area contributed by atoms with Gasteiger partial charge in [-0.15, -0.1) is 0 Å². The topological polar surface area (TPSA) is 94.9 Å². The minimum Gasteiger partial charge on any atom is -0.346 e. The number of carbonyl (C=O) groups is 1. The fourth-order valence-corrected chi connectivity index (χ4v) is 3.81. The van der Waals surface area contributed by atoms with E-state index in [9.17, 15) is 4.79 Å². The van der Waals surface area contributed by atoms with Crippen LogP contribution >= 0.6 is 0 Å². The Morgan fingerprint density at radius 1 is 1.06 bits per heavy atom. The maximum atomic E-state index is 15.3. The molecule has 0 atom stereocenters. The minimum absolute atomic E-state index is 0.00722. The molecular weight excluding hydrogens is 466 g/mol. The molecule has 4 heterocycles. The van der Waals surface area contributed by atoms with Gasteiger partial charge in [-0.25, -0.2) is 18.3 Å². The van der Waals surface area contributed by atoms with Gasteiger partial charge in [-0.05, 0) is 39.0 Å². The van der Waals surface area contributed by atoms with E-state index in [2.05, 4.69) is 25.6 Å². The van der Waals surface area contributed by atoms with E-state index in [1.165, 1.54) is 12.1 Å². The lowest BCUT2D eigenvalue weighted by molar-refractivity contribution is 0.0944. The number of halogens is 2. The first kappa shape index (κ1) is 23.3. The predicted octanol–water partition coefficient (Wildman–Crippen LogP) is 3.96. The molecule has 36 heavy (non-hydrogen) atoms. The number of carbonyl (C=O) groups excluding carboxylic acids is 1. The SMILES string of the molecule is Cn1cc(-c2cn3nccc3c(-c3ccc(CNC(=O)c4ccn(C(C)(C)C)n4)c(F)c3F)n2)cn1. The van der Waals surface area contributed by atoms with Crippen LogP contribution in [-0.4, -0.2) is 40.1 Å². The van der Waals surface area contributed by atoms with Crippen molar-refractivity contribution in [2.45, 2.75) is 32.9 Å². The van der Waals surface area contributed by atoms with E-state index in [4.69, 9.17) is 0 Å². The average molecular weight is 491 g/mol. The van der Waals surface area contributed by atoms with Crippen LogP contribution in [-0.2, 0) is 19.1 Å². The molecule has 5 aromatic rings. The third-order valence-corrected chi connectivity index (χ3v) is 5.76. The van der Waals surface area contributed by atoms with Gasteiger partial charge in [-0.1, -0.05) is 6.07 Å². The zero-order valence-corrected chi connectivity index (χ0v) is 20.2. The second kappa shape index (κ2) is 8.67. The highest BCUT2D eigenvalue weighted by Crippen LogP contribution is 2.30. The number of hydrogen-bond acceptors (Lipinski definition) is 5. The zero-order valence-electron chi connectivity index (χ0n) is 20.2.